The van der Waals surface area contributed by atoms with Crippen LogP contribution in [0.4, 0.5) is 0 Å². The first-order chi connectivity index (χ1) is 15.0. The largest absolute Gasteiger partial charge is 0.493 e. The van der Waals surface area contributed by atoms with Gasteiger partial charge < -0.3 is 19.8 Å². The average molecular weight is 435 g/mol. The lowest BCUT2D eigenvalue weighted by molar-refractivity contribution is 0.0956. The normalized spacial score (nSPS) is 12.0. The number of aryl methyl sites for hydroxylation is 2. The summed E-state index contributed by atoms with van der Waals surface area (Å²) in [5.74, 6) is 1.17. The summed E-state index contributed by atoms with van der Waals surface area (Å²) in [7, 11) is 3.27. The predicted molar refractivity (Wildman–Crippen MR) is 126 cm³/mol. The van der Waals surface area contributed by atoms with E-state index in [0.29, 0.717) is 18.0 Å². The molecule has 1 unspecified atom stereocenters. The molecule has 2 aromatic heterocycles. The van der Waals surface area contributed by atoms with Gasteiger partial charge in [-0.2, -0.15) is 0 Å². The summed E-state index contributed by atoms with van der Waals surface area (Å²) >= 11 is 1.52. The number of H-pyrrole nitrogens is 1. The zero-order valence-electron chi connectivity index (χ0n) is 18.1. The number of methoxy groups -OCH3 is 2. The Kier molecular flexibility index (Phi) is 6.00. The van der Waals surface area contributed by atoms with E-state index >= 15 is 0 Å². The Morgan fingerprint density at radius 2 is 1.87 bits per heavy atom. The van der Waals surface area contributed by atoms with E-state index in [-0.39, 0.29) is 11.8 Å². The highest BCUT2D eigenvalue weighted by Crippen LogP contribution is 2.40. The maximum atomic E-state index is 12.9. The van der Waals surface area contributed by atoms with E-state index in [0.717, 1.165) is 37.3 Å². The van der Waals surface area contributed by atoms with Crippen LogP contribution in [-0.4, -0.2) is 31.7 Å². The molecule has 4 rings (SSSR count). The summed E-state index contributed by atoms with van der Waals surface area (Å²) in [6.07, 6.45) is 2.01. The smallest absolute Gasteiger partial charge is 0.261 e. The summed E-state index contributed by atoms with van der Waals surface area (Å²) in [4.78, 5) is 18.1. The number of para-hydroxylation sites is 2. The number of carbonyl (C=O) groups is 1. The van der Waals surface area contributed by atoms with Gasteiger partial charge >= 0.3 is 0 Å². The molecule has 0 aliphatic rings. The molecule has 0 bridgehead atoms. The highest BCUT2D eigenvalue weighted by Gasteiger charge is 2.24. The van der Waals surface area contributed by atoms with Crippen molar-refractivity contribution in [3.8, 4) is 11.5 Å². The lowest BCUT2D eigenvalue weighted by Crippen LogP contribution is -2.28. The van der Waals surface area contributed by atoms with Crippen molar-refractivity contribution in [3.63, 3.8) is 0 Å². The fourth-order valence-corrected chi connectivity index (χ4v) is 4.87. The second-order valence-corrected chi connectivity index (χ2v) is 8.74. The van der Waals surface area contributed by atoms with Gasteiger partial charge in [-0.25, -0.2) is 0 Å². The van der Waals surface area contributed by atoms with Gasteiger partial charge in [-0.1, -0.05) is 30.3 Å². The van der Waals surface area contributed by atoms with Crippen molar-refractivity contribution in [1.82, 2.24) is 10.3 Å². The Morgan fingerprint density at radius 1 is 1.06 bits per heavy atom. The Hall–Kier alpha value is -3.25. The van der Waals surface area contributed by atoms with Gasteiger partial charge in [0.2, 0.25) is 0 Å². The van der Waals surface area contributed by atoms with Gasteiger partial charge in [0.1, 0.15) is 0 Å². The monoisotopic (exact) mass is 434 g/mol. The fourth-order valence-electron chi connectivity index (χ4n) is 3.92. The first-order valence-electron chi connectivity index (χ1n) is 10.2. The molecule has 0 saturated carbocycles. The van der Waals surface area contributed by atoms with Crippen molar-refractivity contribution >= 4 is 28.1 Å². The minimum Gasteiger partial charge on any atom is -0.493 e. The minimum atomic E-state index is -0.118. The van der Waals surface area contributed by atoms with Crippen LogP contribution in [0.1, 0.15) is 37.2 Å². The molecule has 160 valence electrons. The van der Waals surface area contributed by atoms with Crippen LogP contribution in [-0.2, 0) is 0 Å². The third-order valence-corrected chi connectivity index (χ3v) is 6.81. The topological polar surface area (TPSA) is 63.3 Å². The molecule has 0 spiro atoms. The molecule has 2 heterocycles. The molecule has 0 aliphatic heterocycles. The molecule has 1 amide bonds. The van der Waals surface area contributed by atoms with E-state index in [1.807, 2.05) is 56.4 Å². The molecule has 31 heavy (non-hydrogen) atoms. The first kappa shape index (κ1) is 21.0. The van der Waals surface area contributed by atoms with Crippen LogP contribution < -0.4 is 14.8 Å². The van der Waals surface area contributed by atoms with Crippen molar-refractivity contribution in [2.75, 3.05) is 20.8 Å². The van der Waals surface area contributed by atoms with Crippen molar-refractivity contribution in [2.45, 2.75) is 19.8 Å². The molecule has 0 saturated heterocycles. The third-order valence-electron chi connectivity index (χ3n) is 5.66. The molecular weight excluding hydrogens is 408 g/mol. The number of amides is 1. The van der Waals surface area contributed by atoms with Gasteiger partial charge in [-0.3, -0.25) is 4.79 Å². The van der Waals surface area contributed by atoms with E-state index in [2.05, 4.69) is 22.4 Å². The summed E-state index contributed by atoms with van der Waals surface area (Å²) < 4.78 is 11.2. The number of fused-ring (bicyclic) bond motifs is 1. The number of hydrogen-bond acceptors (Lipinski definition) is 4. The number of carbonyl (C=O) groups excluding carboxylic acids is 1. The van der Waals surface area contributed by atoms with Crippen LogP contribution in [0.5, 0.6) is 11.5 Å². The lowest BCUT2D eigenvalue weighted by atomic mass is 9.89. The molecule has 1 atom stereocenters. The van der Waals surface area contributed by atoms with Gasteiger partial charge in [-0.15, -0.1) is 11.3 Å². The van der Waals surface area contributed by atoms with E-state index in [9.17, 15) is 4.79 Å². The quantitative estimate of drug-likeness (QED) is 0.408. The zero-order chi connectivity index (χ0) is 22.0. The number of rotatable bonds is 7. The lowest BCUT2D eigenvalue weighted by Gasteiger charge is -2.22. The fraction of sp³-hybridized carbons (Fsp3) is 0.240. The first-order valence-corrected chi connectivity index (χ1v) is 11.0. The van der Waals surface area contributed by atoms with E-state index in [1.165, 1.54) is 11.3 Å². The van der Waals surface area contributed by atoms with Crippen molar-refractivity contribution < 1.29 is 14.3 Å². The Labute approximate surface area is 186 Å². The summed E-state index contributed by atoms with van der Waals surface area (Å²) in [5.41, 5.74) is 4.25. The average Bonchev–Trinajstić information content (AvgIpc) is 3.37. The summed E-state index contributed by atoms with van der Waals surface area (Å²) in [6, 6.07) is 16.0. The number of aromatic nitrogens is 1. The molecule has 0 aliphatic carbocycles. The van der Waals surface area contributed by atoms with Gasteiger partial charge in [0, 0.05) is 40.0 Å². The number of thiophene rings is 1. The highest BCUT2D eigenvalue weighted by atomic mass is 32.1. The van der Waals surface area contributed by atoms with E-state index < -0.39 is 0 Å². The molecule has 5 nitrogen and oxygen atoms in total. The van der Waals surface area contributed by atoms with Crippen molar-refractivity contribution in [3.05, 3.63) is 81.2 Å². The van der Waals surface area contributed by atoms with E-state index in [1.54, 1.807) is 14.2 Å². The maximum Gasteiger partial charge on any atom is 0.261 e. The van der Waals surface area contributed by atoms with Crippen LogP contribution in [0.3, 0.4) is 0 Å². The van der Waals surface area contributed by atoms with Crippen LogP contribution in [0.15, 0.2) is 54.7 Å². The van der Waals surface area contributed by atoms with Crippen LogP contribution in [0.25, 0.3) is 10.9 Å². The SMILES string of the molecule is COc1cccc(C(CNC(=O)c2cc(C)c(C)s2)c2c[nH]c3ccccc23)c1OC. The van der Waals surface area contributed by atoms with Gasteiger partial charge in [-0.05, 0) is 43.2 Å². The van der Waals surface area contributed by atoms with Gasteiger partial charge in [0.15, 0.2) is 11.5 Å². The van der Waals surface area contributed by atoms with Crippen LogP contribution in [0, 0.1) is 13.8 Å². The number of nitrogens with one attached hydrogen (secondary N) is 2. The second-order valence-electron chi connectivity index (χ2n) is 7.48. The second kappa shape index (κ2) is 8.86. The van der Waals surface area contributed by atoms with Crippen LogP contribution >= 0.6 is 11.3 Å². The van der Waals surface area contributed by atoms with Gasteiger partial charge in [0.05, 0.1) is 19.1 Å². The Balaban J connectivity index is 1.74. The Morgan fingerprint density at radius 3 is 2.58 bits per heavy atom. The molecule has 6 heteroatoms. The molecule has 0 radical (unpaired) electrons. The van der Waals surface area contributed by atoms with Crippen LogP contribution in [0.2, 0.25) is 0 Å². The number of benzene rings is 2. The van der Waals surface area contributed by atoms with E-state index in [4.69, 9.17) is 9.47 Å². The highest BCUT2D eigenvalue weighted by molar-refractivity contribution is 7.14. The maximum absolute atomic E-state index is 12.9. The third kappa shape index (κ3) is 4.03. The molecule has 0 fully saturated rings. The number of hydrogen-bond donors (Lipinski definition) is 2. The summed E-state index contributed by atoms with van der Waals surface area (Å²) in [6.45, 7) is 4.49. The molecule has 2 aromatic carbocycles. The minimum absolute atomic E-state index is 0.0621. The predicted octanol–water partition coefficient (Wildman–Crippen LogP) is 5.43. The number of ether oxygens (including phenoxy) is 2. The molecular formula is C25H26N2O3S. The van der Waals surface area contributed by atoms with Crippen molar-refractivity contribution in [2.24, 2.45) is 0 Å². The standard InChI is InChI=1S/C25H26N2O3S/c1-15-12-23(31-16(15)2)25(28)27-14-20(18-9-7-11-22(29-3)24(18)30-4)19-13-26-21-10-6-5-8-17(19)21/h5-13,20,26H,14H2,1-4H3,(H,27,28). The Bertz CT molecular complexity index is 1210. The number of aromatic amines is 1. The molecule has 4 aromatic rings. The molecule has 2 N–H and O–H groups in total. The zero-order valence-corrected chi connectivity index (χ0v) is 18.9. The van der Waals surface area contributed by atoms with Crippen molar-refractivity contribution in [1.29, 1.82) is 0 Å². The van der Waals surface area contributed by atoms with Gasteiger partial charge in [0.25, 0.3) is 5.91 Å². The summed E-state index contributed by atoms with van der Waals surface area (Å²) in [5, 5.41) is 4.26.